The van der Waals surface area contributed by atoms with Crippen molar-refractivity contribution in [2.45, 2.75) is 39.0 Å². The van der Waals surface area contributed by atoms with Crippen molar-refractivity contribution in [2.75, 3.05) is 26.2 Å². The molecule has 3 heteroatoms. The molecule has 1 aromatic carbocycles. The van der Waals surface area contributed by atoms with Gasteiger partial charge in [0.25, 0.3) is 0 Å². The van der Waals surface area contributed by atoms with E-state index in [1.54, 1.807) is 0 Å². The Morgan fingerprint density at radius 1 is 1.21 bits per heavy atom. The molecular weight excluding hydrogens is 258 g/mol. The maximum absolute atomic E-state index is 6.29. The minimum Gasteiger partial charge on any atom is -0.491 e. The Hall–Kier alpha value is -0.730. The van der Waals surface area contributed by atoms with Crippen LogP contribution in [0.3, 0.4) is 0 Å². The van der Waals surface area contributed by atoms with Crippen LogP contribution in [0, 0.1) is 0 Å². The van der Waals surface area contributed by atoms with Gasteiger partial charge in [0.2, 0.25) is 0 Å². The van der Waals surface area contributed by atoms with Gasteiger partial charge in [-0.1, -0.05) is 38.4 Å². The number of rotatable bonds is 4. The summed E-state index contributed by atoms with van der Waals surface area (Å²) >= 11 is 6.29. The highest BCUT2D eigenvalue weighted by Crippen LogP contribution is 2.31. The molecule has 19 heavy (non-hydrogen) atoms. The van der Waals surface area contributed by atoms with Crippen molar-refractivity contribution in [1.82, 2.24) is 4.90 Å². The van der Waals surface area contributed by atoms with E-state index in [2.05, 4.69) is 31.7 Å². The summed E-state index contributed by atoms with van der Waals surface area (Å²) in [7, 11) is 0. The number of ether oxygens (including phenoxy) is 1. The Kier molecular flexibility index (Phi) is 4.75. The lowest BCUT2D eigenvalue weighted by molar-refractivity contribution is 0.238. The molecule has 1 fully saturated rings. The Morgan fingerprint density at radius 2 is 1.89 bits per heavy atom. The molecule has 0 saturated carbocycles. The molecule has 0 aromatic heterocycles. The molecule has 0 radical (unpaired) electrons. The van der Waals surface area contributed by atoms with Gasteiger partial charge in [0.1, 0.15) is 12.4 Å². The van der Waals surface area contributed by atoms with Gasteiger partial charge < -0.3 is 4.74 Å². The number of benzene rings is 1. The molecule has 0 atom stereocenters. The smallest absolute Gasteiger partial charge is 0.137 e. The summed E-state index contributed by atoms with van der Waals surface area (Å²) in [6, 6.07) is 6.12. The summed E-state index contributed by atoms with van der Waals surface area (Å²) in [6.45, 7) is 10.7. The summed E-state index contributed by atoms with van der Waals surface area (Å²) in [6.07, 6.45) is 2.64. The average Bonchev–Trinajstić information content (AvgIpc) is 2.83. The lowest BCUT2D eigenvalue weighted by Crippen LogP contribution is -2.25. The number of hydrogen-bond acceptors (Lipinski definition) is 2. The standard InChI is InChI=1S/C16H24ClNO/c1-16(2,3)13-6-7-15(14(17)12-13)19-11-10-18-8-4-5-9-18/h6-7,12H,4-5,8-11H2,1-3H3. The maximum atomic E-state index is 6.29. The van der Waals surface area contributed by atoms with E-state index in [4.69, 9.17) is 16.3 Å². The molecule has 2 rings (SSSR count). The van der Waals surface area contributed by atoms with Gasteiger partial charge in [-0.05, 0) is 49.0 Å². The van der Waals surface area contributed by atoms with Crippen LogP contribution in [0.5, 0.6) is 5.75 Å². The minimum absolute atomic E-state index is 0.123. The normalized spacial score (nSPS) is 16.8. The van der Waals surface area contributed by atoms with E-state index >= 15 is 0 Å². The Balaban J connectivity index is 1.90. The van der Waals surface area contributed by atoms with Crippen molar-refractivity contribution in [3.8, 4) is 5.75 Å². The Bertz CT molecular complexity index is 419. The molecule has 1 aromatic rings. The molecule has 1 heterocycles. The van der Waals surface area contributed by atoms with Gasteiger partial charge in [-0.2, -0.15) is 0 Å². The average molecular weight is 282 g/mol. The van der Waals surface area contributed by atoms with E-state index in [0.717, 1.165) is 12.3 Å². The van der Waals surface area contributed by atoms with Gasteiger partial charge in [0.15, 0.2) is 0 Å². The quantitative estimate of drug-likeness (QED) is 0.823. The van der Waals surface area contributed by atoms with E-state index in [-0.39, 0.29) is 5.41 Å². The van der Waals surface area contributed by atoms with E-state index in [1.807, 2.05) is 12.1 Å². The number of nitrogens with zero attached hydrogens (tertiary/aromatic N) is 1. The largest absolute Gasteiger partial charge is 0.491 e. The van der Waals surface area contributed by atoms with Crippen molar-refractivity contribution < 1.29 is 4.74 Å². The van der Waals surface area contributed by atoms with Crippen molar-refractivity contribution in [1.29, 1.82) is 0 Å². The topological polar surface area (TPSA) is 12.5 Å². The van der Waals surface area contributed by atoms with Gasteiger partial charge in [-0.3, -0.25) is 4.90 Å². The molecule has 1 aliphatic rings. The fourth-order valence-electron chi connectivity index (χ4n) is 2.38. The zero-order valence-electron chi connectivity index (χ0n) is 12.2. The van der Waals surface area contributed by atoms with Crippen LogP contribution in [-0.4, -0.2) is 31.1 Å². The van der Waals surface area contributed by atoms with Crippen LogP contribution in [0.2, 0.25) is 5.02 Å². The SMILES string of the molecule is CC(C)(C)c1ccc(OCCN2CCCC2)c(Cl)c1. The zero-order chi connectivity index (χ0) is 13.9. The van der Waals surface area contributed by atoms with Crippen LogP contribution in [0.4, 0.5) is 0 Å². The highest BCUT2D eigenvalue weighted by Gasteiger charge is 2.16. The molecule has 1 aliphatic heterocycles. The van der Waals surface area contributed by atoms with Crippen molar-refractivity contribution >= 4 is 11.6 Å². The van der Waals surface area contributed by atoms with Gasteiger partial charge in [-0.25, -0.2) is 0 Å². The van der Waals surface area contributed by atoms with Crippen LogP contribution in [0.1, 0.15) is 39.2 Å². The first-order chi connectivity index (χ1) is 8.97. The first kappa shape index (κ1) is 14.7. The van der Waals surface area contributed by atoms with Crippen molar-refractivity contribution in [3.63, 3.8) is 0 Å². The second kappa shape index (κ2) is 6.15. The van der Waals surface area contributed by atoms with E-state index in [9.17, 15) is 0 Å². The van der Waals surface area contributed by atoms with E-state index in [0.29, 0.717) is 11.6 Å². The predicted octanol–water partition coefficient (Wildman–Crippen LogP) is 4.11. The Morgan fingerprint density at radius 3 is 2.47 bits per heavy atom. The van der Waals surface area contributed by atoms with Crippen molar-refractivity contribution in [3.05, 3.63) is 28.8 Å². The fraction of sp³-hybridized carbons (Fsp3) is 0.625. The van der Waals surface area contributed by atoms with Crippen LogP contribution >= 0.6 is 11.6 Å². The molecule has 0 amide bonds. The lowest BCUT2D eigenvalue weighted by Gasteiger charge is -2.20. The summed E-state index contributed by atoms with van der Waals surface area (Å²) in [5.41, 5.74) is 1.36. The molecule has 0 bridgehead atoms. The fourth-order valence-corrected chi connectivity index (χ4v) is 2.61. The highest BCUT2D eigenvalue weighted by molar-refractivity contribution is 6.32. The third-order valence-electron chi connectivity index (χ3n) is 3.66. The van der Waals surface area contributed by atoms with Crippen LogP contribution in [0.25, 0.3) is 0 Å². The monoisotopic (exact) mass is 281 g/mol. The van der Waals surface area contributed by atoms with Crippen LogP contribution < -0.4 is 4.74 Å². The van der Waals surface area contributed by atoms with E-state index < -0.39 is 0 Å². The molecule has 0 unspecified atom stereocenters. The molecule has 0 spiro atoms. The van der Waals surface area contributed by atoms with Crippen LogP contribution in [-0.2, 0) is 5.41 Å². The molecule has 2 nitrogen and oxygen atoms in total. The molecule has 0 aliphatic carbocycles. The minimum atomic E-state index is 0.123. The summed E-state index contributed by atoms with van der Waals surface area (Å²) in [4.78, 5) is 2.44. The third-order valence-corrected chi connectivity index (χ3v) is 3.96. The lowest BCUT2D eigenvalue weighted by atomic mass is 9.87. The molecule has 0 N–H and O–H groups in total. The molecular formula is C16H24ClNO. The predicted molar refractivity (Wildman–Crippen MR) is 81.3 cm³/mol. The number of likely N-dealkylation sites (tertiary alicyclic amines) is 1. The maximum Gasteiger partial charge on any atom is 0.137 e. The Labute approximate surface area is 121 Å². The van der Waals surface area contributed by atoms with Crippen molar-refractivity contribution in [2.24, 2.45) is 0 Å². The number of halogens is 1. The first-order valence-corrected chi connectivity index (χ1v) is 7.50. The molecule has 106 valence electrons. The highest BCUT2D eigenvalue weighted by atomic mass is 35.5. The van der Waals surface area contributed by atoms with Gasteiger partial charge in [0, 0.05) is 6.54 Å². The second-order valence-electron chi connectivity index (χ2n) is 6.29. The van der Waals surface area contributed by atoms with Crippen LogP contribution in [0.15, 0.2) is 18.2 Å². The second-order valence-corrected chi connectivity index (χ2v) is 6.70. The van der Waals surface area contributed by atoms with Gasteiger partial charge in [-0.15, -0.1) is 0 Å². The van der Waals surface area contributed by atoms with Gasteiger partial charge >= 0.3 is 0 Å². The summed E-state index contributed by atoms with van der Waals surface area (Å²) < 4.78 is 5.79. The number of hydrogen-bond donors (Lipinski definition) is 0. The van der Waals surface area contributed by atoms with Gasteiger partial charge in [0.05, 0.1) is 5.02 Å². The third kappa shape index (κ3) is 4.12. The summed E-state index contributed by atoms with van der Waals surface area (Å²) in [5.74, 6) is 0.800. The molecule has 1 saturated heterocycles. The zero-order valence-corrected chi connectivity index (χ0v) is 13.0. The van der Waals surface area contributed by atoms with E-state index in [1.165, 1.54) is 31.5 Å². The summed E-state index contributed by atoms with van der Waals surface area (Å²) in [5, 5.41) is 0.717. The first-order valence-electron chi connectivity index (χ1n) is 7.12.